The Hall–Kier alpha value is -2.98. The SMILES string of the molecule is Cn1cc(-n2ccc(N3CCO[C@H]([C@@](C)(O)C(=O)O)C3=O)n2)ccc1=O. The van der Waals surface area contributed by atoms with Gasteiger partial charge in [-0.25, -0.2) is 9.48 Å². The molecule has 2 atom stereocenters. The number of carbonyl (C=O) groups excluding carboxylic acids is 1. The standard InChI is InChI=1S/C16H18N4O6/c1-16(25,15(23)24)13-14(22)19(7-8-26-13)11-5-6-20(17-11)10-3-4-12(21)18(2)9-10/h3-6,9,13,25H,7-8H2,1-2H3,(H,23,24)/t13-,16+/m0/s1. The minimum absolute atomic E-state index is 0.0620. The number of carboxylic acid groups (broad SMARTS) is 1. The van der Waals surface area contributed by atoms with Crippen LogP contribution >= 0.6 is 0 Å². The van der Waals surface area contributed by atoms with Crippen LogP contribution in [-0.4, -0.2) is 61.3 Å². The van der Waals surface area contributed by atoms with Crippen molar-refractivity contribution in [2.45, 2.75) is 18.6 Å². The highest BCUT2D eigenvalue weighted by Gasteiger charge is 2.49. The molecule has 26 heavy (non-hydrogen) atoms. The highest BCUT2D eigenvalue weighted by Crippen LogP contribution is 2.24. The summed E-state index contributed by atoms with van der Waals surface area (Å²) >= 11 is 0. The van der Waals surface area contributed by atoms with Gasteiger partial charge in [0.05, 0.1) is 18.8 Å². The third-order valence-electron chi connectivity index (χ3n) is 4.22. The molecule has 0 saturated carbocycles. The average molecular weight is 362 g/mol. The number of nitrogens with zero attached hydrogens (tertiary/aromatic N) is 4. The van der Waals surface area contributed by atoms with E-state index in [0.717, 1.165) is 6.92 Å². The van der Waals surface area contributed by atoms with Crippen molar-refractivity contribution in [2.75, 3.05) is 18.1 Å². The summed E-state index contributed by atoms with van der Waals surface area (Å²) in [6.45, 7) is 1.26. The Labute approximate surface area is 147 Å². The number of hydrogen-bond acceptors (Lipinski definition) is 6. The summed E-state index contributed by atoms with van der Waals surface area (Å²) in [5, 5.41) is 23.5. The fourth-order valence-corrected chi connectivity index (χ4v) is 2.64. The van der Waals surface area contributed by atoms with Gasteiger partial charge in [-0.05, 0) is 13.0 Å². The zero-order chi connectivity index (χ0) is 19.1. The molecule has 0 unspecified atom stereocenters. The Morgan fingerprint density at radius 1 is 1.35 bits per heavy atom. The Kier molecular flexibility index (Phi) is 4.38. The molecular formula is C16H18N4O6. The molecule has 2 aromatic rings. The first kappa shape index (κ1) is 17.8. The van der Waals surface area contributed by atoms with E-state index in [1.807, 2.05) is 0 Å². The van der Waals surface area contributed by atoms with Crippen LogP contribution in [0.2, 0.25) is 0 Å². The molecule has 3 rings (SSSR count). The highest BCUT2D eigenvalue weighted by molar-refractivity contribution is 6.00. The third kappa shape index (κ3) is 3.00. The minimum Gasteiger partial charge on any atom is -0.479 e. The highest BCUT2D eigenvalue weighted by atomic mass is 16.5. The van der Waals surface area contributed by atoms with Crippen LogP contribution in [-0.2, 0) is 21.4 Å². The van der Waals surface area contributed by atoms with Crippen LogP contribution in [0.1, 0.15) is 6.92 Å². The molecule has 0 radical (unpaired) electrons. The summed E-state index contributed by atoms with van der Waals surface area (Å²) < 4.78 is 8.08. The fourth-order valence-electron chi connectivity index (χ4n) is 2.64. The number of aryl methyl sites for hydroxylation is 1. The molecule has 0 aromatic carbocycles. The van der Waals surface area contributed by atoms with E-state index in [1.54, 1.807) is 31.6 Å². The van der Waals surface area contributed by atoms with Crippen molar-refractivity contribution in [1.82, 2.24) is 14.3 Å². The van der Waals surface area contributed by atoms with E-state index in [0.29, 0.717) is 11.5 Å². The van der Waals surface area contributed by atoms with Gasteiger partial charge in [-0.15, -0.1) is 5.10 Å². The average Bonchev–Trinajstić information content (AvgIpc) is 3.07. The molecule has 1 fully saturated rings. The molecule has 1 aliphatic rings. The van der Waals surface area contributed by atoms with E-state index in [9.17, 15) is 19.5 Å². The minimum atomic E-state index is -2.35. The number of anilines is 1. The van der Waals surface area contributed by atoms with Crippen molar-refractivity contribution in [3.63, 3.8) is 0 Å². The number of carbonyl (C=O) groups is 2. The van der Waals surface area contributed by atoms with E-state index < -0.39 is 23.6 Å². The normalized spacial score (nSPS) is 20.0. The Balaban J connectivity index is 1.89. The van der Waals surface area contributed by atoms with Crippen LogP contribution in [0, 0.1) is 0 Å². The molecule has 1 saturated heterocycles. The number of amides is 1. The quantitative estimate of drug-likeness (QED) is 0.724. The number of carboxylic acids is 1. The van der Waals surface area contributed by atoms with Crippen LogP contribution < -0.4 is 10.5 Å². The number of pyridine rings is 1. The first-order chi connectivity index (χ1) is 12.2. The van der Waals surface area contributed by atoms with Crippen molar-refractivity contribution in [3.8, 4) is 5.69 Å². The number of morpholine rings is 1. The topological polar surface area (TPSA) is 127 Å². The monoisotopic (exact) mass is 362 g/mol. The largest absolute Gasteiger partial charge is 0.479 e. The lowest BCUT2D eigenvalue weighted by molar-refractivity contribution is -0.180. The van der Waals surface area contributed by atoms with E-state index in [4.69, 9.17) is 9.84 Å². The van der Waals surface area contributed by atoms with Gasteiger partial charge < -0.3 is 19.5 Å². The van der Waals surface area contributed by atoms with Gasteiger partial charge in [-0.1, -0.05) is 0 Å². The summed E-state index contributed by atoms with van der Waals surface area (Å²) in [6.07, 6.45) is 1.68. The van der Waals surface area contributed by atoms with Gasteiger partial charge in [0.2, 0.25) is 5.56 Å². The van der Waals surface area contributed by atoms with Gasteiger partial charge >= 0.3 is 5.97 Å². The first-order valence-electron chi connectivity index (χ1n) is 7.83. The van der Waals surface area contributed by atoms with Gasteiger partial charge in [0.15, 0.2) is 17.5 Å². The Morgan fingerprint density at radius 2 is 2.08 bits per heavy atom. The van der Waals surface area contributed by atoms with Crippen LogP contribution in [0.5, 0.6) is 0 Å². The summed E-state index contributed by atoms with van der Waals surface area (Å²) in [5.41, 5.74) is -1.90. The smallest absolute Gasteiger partial charge is 0.338 e. The molecule has 1 aliphatic heterocycles. The lowest BCUT2D eigenvalue weighted by atomic mass is 9.97. The number of rotatable bonds is 4. The molecule has 138 valence electrons. The van der Waals surface area contributed by atoms with E-state index in [1.165, 1.54) is 20.2 Å². The molecule has 1 amide bonds. The fraction of sp³-hybridized carbons (Fsp3) is 0.375. The van der Waals surface area contributed by atoms with Gasteiger partial charge in [0.1, 0.15) is 0 Å². The lowest BCUT2D eigenvalue weighted by Crippen LogP contribution is -2.60. The van der Waals surface area contributed by atoms with Crippen molar-refractivity contribution >= 4 is 17.7 Å². The number of hydrogen-bond donors (Lipinski definition) is 2. The molecular weight excluding hydrogens is 344 g/mol. The van der Waals surface area contributed by atoms with Crippen LogP contribution in [0.15, 0.2) is 35.4 Å². The van der Waals surface area contributed by atoms with E-state index >= 15 is 0 Å². The van der Waals surface area contributed by atoms with Crippen molar-refractivity contribution in [1.29, 1.82) is 0 Å². The maximum Gasteiger partial charge on any atom is 0.338 e. The van der Waals surface area contributed by atoms with Gasteiger partial charge in [-0.2, -0.15) is 0 Å². The molecule has 2 N–H and O–H groups in total. The zero-order valence-corrected chi connectivity index (χ0v) is 14.2. The number of aliphatic carboxylic acids is 1. The maximum atomic E-state index is 12.6. The Morgan fingerprint density at radius 3 is 2.73 bits per heavy atom. The second kappa shape index (κ2) is 6.39. The van der Waals surface area contributed by atoms with Crippen LogP contribution in [0.3, 0.4) is 0 Å². The van der Waals surface area contributed by atoms with Gasteiger partial charge in [0, 0.05) is 31.6 Å². The molecule has 10 nitrogen and oxygen atoms in total. The van der Waals surface area contributed by atoms with E-state index in [-0.39, 0.29) is 18.7 Å². The van der Waals surface area contributed by atoms with Crippen molar-refractivity contribution < 1.29 is 24.5 Å². The number of aromatic nitrogens is 3. The molecule has 0 spiro atoms. The van der Waals surface area contributed by atoms with Gasteiger partial charge in [0.25, 0.3) is 5.91 Å². The summed E-state index contributed by atoms with van der Waals surface area (Å²) in [4.78, 5) is 36.6. The summed E-state index contributed by atoms with van der Waals surface area (Å²) in [7, 11) is 1.61. The lowest BCUT2D eigenvalue weighted by Gasteiger charge is -2.36. The molecule has 2 aromatic heterocycles. The summed E-state index contributed by atoms with van der Waals surface area (Å²) in [6, 6.07) is 4.58. The third-order valence-corrected chi connectivity index (χ3v) is 4.22. The Bertz CT molecular complexity index is 915. The van der Waals surface area contributed by atoms with Crippen LogP contribution in [0.25, 0.3) is 5.69 Å². The number of ether oxygens (including phenoxy) is 1. The second-order valence-corrected chi connectivity index (χ2v) is 6.15. The maximum absolute atomic E-state index is 12.6. The molecule has 10 heteroatoms. The molecule has 0 aliphatic carbocycles. The van der Waals surface area contributed by atoms with Crippen LogP contribution in [0.4, 0.5) is 5.82 Å². The molecule has 3 heterocycles. The van der Waals surface area contributed by atoms with Gasteiger partial charge in [-0.3, -0.25) is 14.5 Å². The summed E-state index contributed by atoms with van der Waals surface area (Å²) in [5.74, 6) is -1.94. The number of aliphatic hydroxyl groups is 1. The first-order valence-corrected chi connectivity index (χ1v) is 7.83. The van der Waals surface area contributed by atoms with Crippen molar-refractivity contribution in [3.05, 3.63) is 40.9 Å². The zero-order valence-electron chi connectivity index (χ0n) is 14.2. The second-order valence-electron chi connectivity index (χ2n) is 6.15. The molecule has 0 bridgehead atoms. The van der Waals surface area contributed by atoms with E-state index in [2.05, 4.69) is 5.10 Å². The van der Waals surface area contributed by atoms with Crippen molar-refractivity contribution in [2.24, 2.45) is 7.05 Å². The predicted molar refractivity (Wildman–Crippen MR) is 89.2 cm³/mol. The predicted octanol–water partition coefficient (Wildman–Crippen LogP) is -0.862.